The molecule has 5 nitrogen and oxygen atoms in total. The van der Waals surface area contributed by atoms with Crippen LogP contribution in [0.25, 0.3) is 22.3 Å². The van der Waals surface area contributed by atoms with Gasteiger partial charge in [0, 0.05) is 12.1 Å². The van der Waals surface area contributed by atoms with E-state index in [1.807, 2.05) is 43.3 Å². The number of fused-ring (bicyclic) bond motifs is 1. The molecule has 0 spiro atoms. The zero-order chi connectivity index (χ0) is 21.8. The minimum absolute atomic E-state index is 0.0407. The summed E-state index contributed by atoms with van der Waals surface area (Å²) < 4.78 is 11.7. The lowest BCUT2D eigenvalue weighted by Crippen LogP contribution is -2.29. The van der Waals surface area contributed by atoms with Crippen LogP contribution in [0.4, 0.5) is 0 Å². The number of benzene rings is 3. The molecular formula is C25H20ClNO4. The van der Waals surface area contributed by atoms with Crippen LogP contribution >= 0.6 is 11.6 Å². The third-order valence-corrected chi connectivity index (χ3v) is 5.13. The molecular weight excluding hydrogens is 414 g/mol. The average Bonchev–Trinajstić information content (AvgIpc) is 2.78. The minimum Gasteiger partial charge on any atom is -0.476 e. The Morgan fingerprint density at radius 3 is 2.55 bits per heavy atom. The van der Waals surface area contributed by atoms with Crippen molar-refractivity contribution in [1.29, 1.82) is 0 Å². The highest BCUT2D eigenvalue weighted by atomic mass is 35.5. The maximum absolute atomic E-state index is 13.2. The lowest BCUT2D eigenvalue weighted by molar-refractivity contribution is -0.123. The van der Waals surface area contributed by atoms with Gasteiger partial charge in [0.1, 0.15) is 5.58 Å². The van der Waals surface area contributed by atoms with E-state index in [0.29, 0.717) is 28.1 Å². The van der Waals surface area contributed by atoms with E-state index in [0.717, 1.165) is 11.1 Å². The second-order valence-corrected chi connectivity index (χ2v) is 7.53. The lowest BCUT2D eigenvalue weighted by atomic mass is 10.1. The number of rotatable bonds is 6. The summed E-state index contributed by atoms with van der Waals surface area (Å²) in [4.78, 5) is 25.6. The quantitative estimate of drug-likeness (QED) is 0.458. The van der Waals surface area contributed by atoms with E-state index in [1.54, 1.807) is 36.4 Å². The number of aryl methyl sites for hydroxylation is 1. The van der Waals surface area contributed by atoms with Gasteiger partial charge in [0.15, 0.2) is 12.4 Å². The molecule has 1 amide bonds. The molecule has 4 rings (SSSR count). The van der Waals surface area contributed by atoms with Crippen LogP contribution in [-0.2, 0) is 11.3 Å². The molecule has 0 fully saturated rings. The molecule has 0 aliphatic rings. The molecule has 0 saturated heterocycles. The summed E-state index contributed by atoms with van der Waals surface area (Å²) in [5.41, 5.74) is 2.47. The zero-order valence-electron chi connectivity index (χ0n) is 16.9. The number of amides is 1. The maximum atomic E-state index is 13.2. The SMILES string of the molecule is Cc1ccc2oc(-c3ccccc3Cl)c(OCC(=O)NCc3ccccc3)c(=O)c2c1. The van der Waals surface area contributed by atoms with Crippen molar-refractivity contribution in [2.24, 2.45) is 0 Å². The Hall–Kier alpha value is -3.57. The Kier molecular flexibility index (Phi) is 6.05. The first kappa shape index (κ1) is 20.7. The number of carbonyl (C=O) groups excluding carboxylic acids is 1. The third kappa shape index (κ3) is 4.62. The molecule has 0 bridgehead atoms. The molecule has 1 heterocycles. The molecule has 6 heteroatoms. The summed E-state index contributed by atoms with van der Waals surface area (Å²) in [7, 11) is 0. The van der Waals surface area contributed by atoms with Crippen molar-refractivity contribution in [2.75, 3.05) is 6.61 Å². The summed E-state index contributed by atoms with van der Waals surface area (Å²) in [6.45, 7) is 1.93. The summed E-state index contributed by atoms with van der Waals surface area (Å²) in [6.07, 6.45) is 0. The van der Waals surface area contributed by atoms with E-state index in [1.165, 1.54) is 0 Å². The van der Waals surface area contributed by atoms with E-state index < -0.39 is 0 Å². The average molecular weight is 434 g/mol. The maximum Gasteiger partial charge on any atom is 0.258 e. The standard InChI is InChI=1S/C25H20ClNO4/c1-16-11-12-21-19(13-16)23(29)25(24(31-21)18-9-5-6-10-20(18)26)30-15-22(28)27-14-17-7-3-2-4-8-17/h2-13H,14-15H2,1H3,(H,27,28). The van der Waals surface area contributed by atoms with E-state index in [4.69, 9.17) is 20.8 Å². The summed E-state index contributed by atoms with van der Waals surface area (Å²) in [5.74, 6) is -0.193. The van der Waals surface area contributed by atoms with Crippen LogP contribution in [0.2, 0.25) is 5.02 Å². The van der Waals surface area contributed by atoms with Gasteiger partial charge in [0.25, 0.3) is 5.91 Å². The first-order chi connectivity index (χ1) is 15.0. The third-order valence-electron chi connectivity index (χ3n) is 4.80. The monoisotopic (exact) mass is 433 g/mol. The topological polar surface area (TPSA) is 68.5 Å². The second-order valence-electron chi connectivity index (χ2n) is 7.12. The van der Waals surface area contributed by atoms with Crippen LogP contribution in [0.5, 0.6) is 5.75 Å². The van der Waals surface area contributed by atoms with Crippen LogP contribution < -0.4 is 15.5 Å². The summed E-state index contributed by atoms with van der Waals surface area (Å²) in [5, 5.41) is 3.58. The summed E-state index contributed by atoms with van der Waals surface area (Å²) in [6, 6.07) is 21.9. The fraction of sp³-hybridized carbons (Fsp3) is 0.120. The number of carbonyl (C=O) groups is 1. The van der Waals surface area contributed by atoms with E-state index in [9.17, 15) is 9.59 Å². The number of hydrogen-bond acceptors (Lipinski definition) is 4. The van der Waals surface area contributed by atoms with Crippen LogP contribution in [-0.4, -0.2) is 12.5 Å². The molecule has 0 unspecified atom stereocenters. The highest BCUT2D eigenvalue weighted by molar-refractivity contribution is 6.33. The van der Waals surface area contributed by atoms with E-state index >= 15 is 0 Å². The van der Waals surface area contributed by atoms with Crippen molar-refractivity contribution in [3.63, 3.8) is 0 Å². The fourth-order valence-corrected chi connectivity index (χ4v) is 3.45. The smallest absolute Gasteiger partial charge is 0.258 e. The van der Waals surface area contributed by atoms with Gasteiger partial charge in [-0.25, -0.2) is 0 Å². The first-order valence-electron chi connectivity index (χ1n) is 9.79. The number of nitrogens with one attached hydrogen (secondary N) is 1. The van der Waals surface area contributed by atoms with Gasteiger partial charge in [-0.15, -0.1) is 0 Å². The van der Waals surface area contributed by atoms with Gasteiger partial charge in [0.05, 0.1) is 10.4 Å². The molecule has 4 aromatic rings. The molecule has 1 aromatic heterocycles. The summed E-state index contributed by atoms with van der Waals surface area (Å²) >= 11 is 6.34. The number of halogens is 1. The zero-order valence-corrected chi connectivity index (χ0v) is 17.6. The fourth-order valence-electron chi connectivity index (χ4n) is 3.23. The van der Waals surface area contributed by atoms with Gasteiger partial charge >= 0.3 is 0 Å². The van der Waals surface area contributed by atoms with Gasteiger partial charge in [-0.2, -0.15) is 0 Å². The van der Waals surface area contributed by atoms with Crippen LogP contribution in [0, 0.1) is 6.92 Å². The van der Waals surface area contributed by atoms with E-state index in [2.05, 4.69) is 5.32 Å². The van der Waals surface area contributed by atoms with Gasteiger partial charge in [-0.1, -0.05) is 65.7 Å². The largest absolute Gasteiger partial charge is 0.476 e. The minimum atomic E-state index is -0.351. The number of hydrogen-bond donors (Lipinski definition) is 1. The predicted molar refractivity (Wildman–Crippen MR) is 121 cm³/mol. The normalized spacial score (nSPS) is 10.8. The predicted octanol–water partition coefficient (Wildman–Crippen LogP) is 5.12. The van der Waals surface area contributed by atoms with Crippen molar-refractivity contribution in [2.45, 2.75) is 13.5 Å². The molecule has 31 heavy (non-hydrogen) atoms. The molecule has 0 radical (unpaired) electrons. The van der Waals surface area contributed by atoms with Crippen molar-refractivity contribution in [3.8, 4) is 17.1 Å². The molecule has 0 aliphatic carbocycles. The highest BCUT2D eigenvalue weighted by Crippen LogP contribution is 2.35. The molecule has 0 saturated carbocycles. The Bertz CT molecular complexity index is 1300. The van der Waals surface area contributed by atoms with Crippen molar-refractivity contribution in [3.05, 3.63) is 99.2 Å². The van der Waals surface area contributed by atoms with Crippen molar-refractivity contribution < 1.29 is 13.9 Å². The van der Waals surface area contributed by atoms with Crippen molar-refractivity contribution in [1.82, 2.24) is 5.32 Å². The Balaban J connectivity index is 1.66. The van der Waals surface area contributed by atoms with E-state index in [-0.39, 0.29) is 29.5 Å². The van der Waals surface area contributed by atoms with Crippen molar-refractivity contribution >= 4 is 28.5 Å². The van der Waals surface area contributed by atoms with Gasteiger partial charge < -0.3 is 14.5 Å². The van der Waals surface area contributed by atoms with Crippen LogP contribution in [0.15, 0.2) is 82.0 Å². The van der Waals surface area contributed by atoms with Gasteiger partial charge in [-0.05, 0) is 36.8 Å². The molecule has 1 N–H and O–H groups in total. The molecule has 0 aliphatic heterocycles. The van der Waals surface area contributed by atoms with Gasteiger partial charge in [0.2, 0.25) is 11.2 Å². The lowest BCUT2D eigenvalue weighted by Gasteiger charge is -2.13. The highest BCUT2D eigenvalue weighted by Gasteiger charge is 2.20. The van der Waals surface area contributed by atoms with Crippen LogP contribution in [0.3, 0.4) is 0 Å². The number of ether oxygens (including phenoxy) is 1. The molecule has 156 valence electrons. The molecule has 3 aromatic carbocycles. The Morgan fingerprint density at radius 2 is 1.77 bits per heavy atom. The second kappa shape index (κ2) is 9.06. The Labute approximate surface area is 184 Å². The first-order valence-corrected chi connectivity index (χ1v) is 10.2. The molecule has 0 atom stereocenters. The van der Waals surface area contributed by atoms with Crippen LogP contribution in [0.1, 0.15) is 11.1 Å². The Morgan fingerprint density at radius 1 is 1.03 bits per heavy atom. The van der Waals surface area contributed by atoms with Gasteiger partial charge in [-0.3, -0.25) is 9.59 Å².